The highest BCUT2D eigenvalue weighted by Crippen LogP contribution is 2.15. The van der Waals surface area contributed by atoms with Gasteiger partial charge in [-0.05, 0) is 30.8 Å². The van der Waals surface area contributed by atoms with Gasteiger partial charge in [0, 0.05) is 25.2 Å². The second-order valence-corrected chi connectivity index (χ2v) is 4.26. The zero-order valence-electron chi connectivity index (χ0n) is 11.1. The lowest BCUT2D eigenvalue weighted by Gasteiger charge is -2.21. The fraction of sp³-hybridized carbons (Fsp3) is 0.429. The van der Waals surface area contributed by atoms with E-state index in [2.05, 4.69) is 11.4 Å². The molecule has 0 aliphatic carbocycles. The molecule has 0 saturated carbocycles. The summed E-state index contributed by atoms with van der Waals surface area (Å²) in [5.41, 5.74) is 1.41. The van der Waals surface area contributed by atoms with Gasteiger partial charge in [-0.3, -0.25) is 4.79 Å². The van der Waals surface area contributed by atoms with E-state index in [4.69, 9.17) is 5.26 Å². The predicted octanol–water partition coefficient (Wildman–Crippen LogP) is 1.77. The van der Waals surface area contributed by atoms with E-state index in [9.17, 15) is 4.79 Å². The van der Waals surface area contributed by atoms with Crippen molar-refractivity contribution in [3.8, 4) is 6.07 Å². The van der Waals surface area contributed by atoms with Crippen molar-refractivity contribution < 1.29 is 4.79 Å². The van der Waals surface area contributed by atoms with Crippen LogP contribution in [0.5, 0.6) is 0 Å². The first-order chi connectivity index (χ1) is 8.60. The van der Waals surface area contributed by atoms with Crippen molar-refractivity contribution in [2.24, 2.45) is 5.92 Å². The lowest BCUT2D eigenvalue weighted by atomic mass is 10.1. The Morgan fingerprint density at radius 3 is 2.56 bits per heavy atom. The number of carbonyl (C=O) groups excluding carboxylic acids is 1. The number of benzene rings is 1. The third kappa shape index (κ3) is 3.57. The van der Waals surface area contributed by atoms with Gasteiger partial charge in [0.05, 0.1) is 11.6 Å². The van der Waals surface area contributed by atoms with Crippen LogP contribution >= 0.6 is 0 Å². The van der Waals surface area contributed by atoms with Crippen LogP contribution in [0.15, 0.2) is 24.3 Å². The molecule has 1 aromatic carbocycles. The summed E-state index contributed by atoms with van der Waals surface area (Å²) in [4.78, 5) is 13.8. The van der Waals surface area contributed by atoms with Gasteiger partial charge < -0.3 is 10.2 Å². The largest absolute Gasteiger partial charge is 0.316 e. The molecule has 0 heterocycles. The van der Waals surface area contributed by atoms with Crippen LogP contribution in [-0.2, 0) is 4.79 Å². The van der Waals surface area contributed by atoms with Gasteiger partial charge in [0.2, 0.25) is 5.91 Å². The summed E-state index contributed by atoms with van der Waals surface area (Å²) in [5.74, 6) is 0.00579. The third-order valence-corrected chi connectivity index (χ3v) is 2.84. The normalized spacial score (nSPS) is 11.7. The topological polar surface area (TPSA) is 56.1 Å². The Hall–Kier alpha value is -1.86. The molecule has 0 aliphatic rings. The minimum atomic E-state index is -0.0643. The Morgan fingerprint density at radius 2 is 2.06 bits per heavy atom. The summed E-state index contributed by atoms with van der Waals surface area (Å²) >= 11 is 0. The monoisotopic (exact) mass is 245 g/mol. The van der Waals surface area contributed by atoms with Crippen molar-refractivity contribution in [3.05, 3.63) is 29.8 Å². The molecule has 1 aromatic rings. The van der Waals surface area contributed by atoms with Gasteiger partial charge in [-0.1, -0.05) is 13.8 Å². The average Bonchev–Trinajstić information content (AvgIpc) is 2.43. The first-order valence-electron chi connectivity index (χ1n) is 6.08. The fourth-order valence-electron chi connectivity index (χ4n) is 1.67. The van der Waals surface area contributed by atoms with Gasteiger partial charge in [-0.15, -0.1) is 0 Å². The number of amides is 1. The van der Waals surface area contributed by atoms with Crippen molar-refractivity contribution >= 4 is 11.6 Å². The number of nitriles is 1. The Balaban J connectivity index is 2.70. The van der Waals surface area contributed by atoms with E-state index in [-0.39, 0.29) is 11.8 Å². The van der Waals surface area contributed by atoms with Crippen molar-refractivity contribution in [2.75, 3.05) is 25.0 Å². The molecule has 0 aromatic heterocycles. The molecule has 0 bridgehead atoms. The first-order valence-corrected chi connectivity index (χ1v) is 6.08. The summed E-state index contributed by atoms with van der Waals surface area (Å²) in [5, 5.41) is 11.9. The van der Waals surface area contributed by atoms with Crippen LogP contribution in [0.3, 0.4) is 0 Å². The standard InChI is InChI=1S/C14H19N3O/c1-4-16-10-11(2)14(18)17(3)13-7-5-12(9-15)6-8-13/h5-8,11,16H,4,10H2,1-3H3. The maximum absolute atomic E-state index is 12.1. The van der Waals surface area contributed by atoms with Crippen LogP contribution in [-0.4, -0.2) is 26.0 Å². The van der Waals surface area contributed by atoms with E-state index in [0.717, 1.165) is 12.2 Å². The zero-order valence-corrected chi connectivity index (χ0v) is 11.1. The molecule has 1 N–H and O–H groups in total. The lowest BCUT2D eigenvalue weighted by Crippen LogP contribution is -2.36. The highest BCUT2D eigenvalue weighted by Gasteiger charge is 2.17. The molecule has 1 rings (SSSR count). The molecule has 1 unspecified atom stereocenters. The third-order valence-electron chi connectivity index (χ3n) is 2.84. The predicted molar refractivity (Wildman–Crippen MR) is 72.3 cm³/mol. The molecular formula is C14H19N3O. The van der Waals surface area contributed by atoms with E-state index in [1.807, 2.05) is 13.8 Å². The molecule has 0 fully saturated rings. The van der Waals surface area contributed by atoms with Crippen LogP contribution in [0.4, 0.5) is 5.69 Å². The number of nitrogens with zero attached hydrogens (tertiary/aromatic N) is 2. The SMILES string of the molecule is CCNCC(C)C(=O)N(C)c1ccc(C#N)cc1. The van der Waals surface area contributed by atoms with Crippen LogP contribution in [0.1, 0.15) is 19.4 Å². The Bertz CT molecular complexity index is 433. The van der Waals surface area contributed by atoms with E-state index < -0.39 is 0 Å². The number of hydrogen-bond acceptors (Lipinski definition) is 3. The number of hydrogen-bond donors (Lipinski definition) is 1. The molecule has 96 valence electrons. The van der Waals surface area contributed by atoms with E-state index in [0.29, 0.717) is 12.1 Å². The van der Waals surface area contributed by atoms with Gasteiger partial charge in [0.15, 0.2) is 0 Å². The molecule has 18 heavy (non-hydrogen) atoms. The second kappa shape index (κ2) is 6.77. The molecule has 0 saturated heterocycles. The molecule has 0 spiro atoms. The number of anilines is 1. The molecule has 1 amide bonds. The number of carbonyl (C=O) groups is 1. The first kappa shape index (κ1) is 14.2. The van der Waals surface area contributed by atoms with Gasteiger partial charge in [0.25, 0.3) is 0 Å². The van der Waals surface area contributed by atoms with Crippen molar-refractivity contribution in [1.29, 1.82) is 5.26 Å². The summed E-state index contributed by atoms with van der Waals surface area (Å²) < 4.78 is 0. The van der Waals surface area contributed by atoms with Crippen molar-refractivity contribution in [3.63, 3.8) is 0 Å². The molecule has 1 atom stereocenters. The highest BCUT2D eigenvalue weighted by atomic mass is 16.2. The van der Waals surface area contributed by atoms with E-state index in [1.165, 1.54) is 0 Å². The lowest BCUT2D eigenvalue weighted by molar-refractivity contribution is -0.121. The molecule has 0 radical (unpaired) electrons. The minimum Gasteiger partial charge on any atom is -0.316 e. The van der Waals surface area contributed by atoms with Crippen LogP contribution in [0, 0.1) is 17.2 Å². The highest BCUT2D eigenvalue weighted by molar-refractivity contribution is 5.94. The Kier molecular flexibility index (Phi) is 5.34. The second-order valence-electron chi connectivity index (χ2n) is 4.26. The number of rotatable bonds is 5. The van der Waals surface area contributed by atoms with Crippen LogP contribution in [0.25, 0.3) is 0 Å². The van der Waals surface area contributed by atoms with Gasteiger partial charge in [0.1, 0.15) is 0 Å². The van der Waals surface area contributed by atoms with Crippen molar-refractivity contribution in [2.45, 2.75) is 13.8 Å². The maximum Gasteiger partial charge on any atom is 0.230 e. The Morgan fingerprint density at radius 1 is 1.44 bits per heavy atom. The smallest absolute Gasteiger partial charge is 0.230 e. The van der Waals surface area contributed by atoms with Gasteiger partial charge in [-0.2, -0.15) is 5.26 Å². The molecular weight excluding hydrogens is 226 g/mol. The van der Waals surface area contributed by atoms with Crippen LogP contribution < -0.4 is 10.2 Å². The van der Waals surface area contributed by atoms with Crippen molar-refractivity contribution in [1.82, 2.24) is 5.32 Å². The summed E-state index contributed by atoms with van der Waals surface area (Å²) in [7, 11) is 1.76. The van der Waals surface area contributed by atoms with Crippen LogP contribution in [0.2, 0.25) is 0 Å². The quantitative estimate of drug-likeness (QED) is 0.860. The maximum atomic E-state index is 12.1. The van der Waals surface area contributed by atoms with Gasteiger partial charge >= 0.3 is 0 Å². The zero-order chi connectivity index (χ0) is 13.5. The minimum absolute atomic E-state index is 0.0643. The summed E-state index contributed by atoms with van der Waals surface area (Å²) in [6.07, 6.45) is 0. The number of nitrogens with one attached hydrogen (secondary N) is 1. The molecule has 4 nitrogen and oxygen atoms in total. The van der Waals surface area contributed by atoms with Gasteiger partial charge in [-0.25, -0.2) is 0 Å². The Labute approximate surface area is 108 Å². The summed E-state index contributed by atoms with van der Waals surface area (Å²) in [6, 6.07) is 9.07. The summed E-state index contributed by atoms with van der Waals surface area (Å²) in [6.45, 7) is 5.46. The fourth-order valence-corrected chi connectivity index (χ4v) is 1.67. The van der Waals surface area contributed by atoms with E-state index >= 15 is 0 Å². The molecule has 4 heteroatoms. The van der Waals surface area contributed by atoms with E-state index in [1.54, 1.807) is 36.2 Å². The molecule has 0 aliphatic heterocycles. The average molecular weight is 245 g/mol.